The highest BCUT2D eigenvalue weighted by Crippen LogP contribution is 2.18. The second kappa shape index (κ2) is 8.26. The minimum absolute atomic E-state index is 0.249. The molecule has 2 aromatic heterocycles. The monoisotopic (exact) mass is 376 g/mol. The second-order valence-corrected chi connectivity index (χ2v) is 6.24. The minimum atomic E-state index is -0.299. The Labute approximate surface area is 162 Å². The Morgan fingerprint density at radius 1 is 0.857 bits per heavy atom. The van der Waals surface area contributed by atoms with Crippen molar-refractivity contribution in [3.63, 3.8) is 0 Å². The summed E-state index contributed by atoms with van der Waals surface area (Å²) in [5.74, 6) is 0.304. The third-order valence-corrected chi connectivity index (χ3v) is 3.71. The lowest BCUT2D eigenvalue weighted by molar-refractivity contribution is -0.114. The molecule has 0 unspecified atom stereocenters. The lowest BCUT2D eigenvalue weighted by Gasteiger charge is -2.09. The molecular weight excluding hydrogens is 356 g/mol. The molecule has 8 nitrogen and oxygen atoms in total. The van der Waals surface area contributed by atoms with E-state index >= 15 is 0 Å². The number of hydrogen-bond donors (Lipinski definition) is 3. The smallest absolute Gasteiger partial charge is 0.255 e. The Morgan fingerprint density at radius 3 is 2.14 bits per heavy atom. The predicted octanol–water partition coefficient (Wildman–Crippen LogP) is 3.44. The first-order chi connectivity index (χ1) is 13.4. The maximum absolute atomic E-state index is 12.4. The fraction of sp³-hybridized carbons (Fsp3) is 0.150. The Morgan fingerprint density at radius 2 is 1.50 bits per heavy atom. The van der Waals surface area contributed by atoms with E-state index in [0.29, 0.717) is 23.0 Å². The molecule has 2 amide bonds. The van der Waals surface area contributed by atoms with Gasteiger partial charge in [-0.3, -0.25) is 9.59 Å². The number of carbonyl (C=O) groups excluding carboxylic acids is 2. The summed E-state index contributed by atoms with van der Waals surface area (Å²) in [5, 5.41) is 8.50. The van der Waals surface area contributed by atoms with Crippen LogP contribution >= 0.6 is 0 Å². The molecule has 0 radical (unpaired) electrons. The van der Waals surface area contributed by atoms with Crippen LogP contribution in [-0.2, 0) is 4.79 Å². The van der Waals surface area contributed by atoms with Gasteiger partial charge in [0, 0.05) is 41.4 Å². The van der Waals surface area contributed by atoms with Gasteiger partial charge in [0.15, 0.2) is 0 Å². The lowest BCUT2D eigenvalue weighted by Crippen LogP contribution is -2.13. The molecule has 1 aromatic carbocycles. The van der Waals surface area contributed by atoms with Crippen LogP contribution in [0, 0.1) is 13.8 Å². The van der Waals surface area contributed by atoms with E-state index in [1.165, 1.54) is 19.2 Å². The summed E-state index contributed by atoms with van der Waals surface area (Å²) in [7, 11) is 0. The average molecular weight is 376 g/mol. The molecule has 0 bridgehead atoms. The van der Waals surface area contributed by atoms with Gasteiger partial charge in [-0.1, -0.05) is 0 Å². The van der Waals surface area contributed by atoms with Gasteiger partial charge in [0.05, 0.1) is 0 Å². The van der Waals surface area contributed by atoms with Crippen LogP contribution in [-0.4, -0.2) is 26.8 Å². The van der Waals surface area contributed by atoms with Crippen LogP contribution in [0.25, 0.3) is 0 Å². The molecule has 3 rings (SSSR count). The highest BCUT2D eigenvalue weighted by atomic mass is 16.2. The molecular formula is C20H20N6O2. The molecule has 142 valence electrons. The Hall–Kier alpha value is -3.81. The molecule has 0 saturated heterocycles. The van der Waals surface area contributed by atoms with Gasteiger partial charge in [-0.25, -0.2) is 15.0 Å². The number of aryl methyl sites for hydroxylation is 2. The molecule has 3 N–H and O–H groups in total. The predicted molar refractivity (Wildman–Crippen MR) is 108 cm³/mol. The highest BCUT2D eigenvalue weighted by Gasteiger charge is 2.08. The van der Waals surface area contributed by atoms with E-state index in [1.807, 2.05) is 32.0 Å². The third-order valence-electron chi connectivity index (χ3n) is 3.71. The molecule has 28 heavy (non-hydrogen) atoms. The third kappa shape index (κ3) is 5.10. The Kier molecular flexibility index (Phi) is 5.59. The first-order valence-electron chi connectivity index (χ1n) is 8.63. The molecule has 0 aliphatic rings. The van der Waals surface area contributed by atoms with E-state index in [-0.39, 0.29) is 11.8 Å². The van der Waals surface area contributed by atoms with Gasteiger partial charge in [0.25, 0.3) is 5.91 Å². The number of nitrogens with zero attached hydrogens (tertiary/aromatic N) is 3. The van der Waals surface area contributed by atoms with Crippen molar-refractivity contribution in [3.05, 3.63) is 65.6 Å². The summed E-state index contributed by atoms with van der Waals surface area (Å²) in [6.45, 7) is 5.21. The van der Waals surface area contributed by atoms with Gasteiger partial charge in [0.2, 0.25) is 11.9 Å². The van der Waals surface area contributed by atoms with Crippen LogP contribution in [0.1, 0.15) is 28.7 Å². The zero-order chi connectivity index (χ0) is 20.1. The van der Waals surface area contributed by atoms with E-state index < -0.39 is 0 Å². The zero-order valence-electron chi connectivity index (χ0n) is 15.8. The molecule has 0 fully saturated rings. The van der Waals surface area contributed by atoms with Crippen LogP contribution < -0.4 is 16.0 Å². The zero-order valence-corrected chi connectivity index (χ0v) is 15.8. The molecule has 0 saturated carbocycles. The van der Waals surface area contributed by atoms with E-state index in [1.54, 1.807) is 18.2 Å². The van der Waals surface area contributed by atoms with Crippen LogP contribution in [0.2, 0.25) is 0 Å². The number of pyridine rings is 1. The SMILES string of the molecule is CC(=O)Nc1cc(C(=O)Nc2ccc(Nc3nc(C)cc(C)n3)cc2)ccn1. The average Bonchev–Trinajstić information content (AvgIpc) is 2.62. The topological polar surface area (TPSA) is 109 Å². The van der Waals surface area contributed by atoms with Crippen molar-refractivity contribution < 1.29 is 9.59 Å². The van der Waals surface area contributed by atoms with Crippen LogP contribution in [0.3, 0.4) is 0 Å². The van der Waals surface area contributed by atoms with Crippen LogP contribution in [0.15, 0.2) is 48.7 Å². The number of hydrogen-bond acceptors (Lipinski definition) is 6. The quantitative estimate of drug-likeness (QED) is 0.629. The summed E-state index contributed by atoms with van der Waals surface area (Å²) in [5.41, 5.74) is 3.60. The fourth-order valence-corrected chi connectivity index (χ4v) is 2.57. The summed E-state index contributed by atoms with van der Waals surface area (Å²) in [4.78, 5) is 36.2. The van der Waals surface area contributed by atoms with Gasteiger partial charge in [-0.05, 0) is 56.3 Å². The number of benzene rings is 1. The normalized spacial score (nSPS) is 10.2. The Balaban J connectivity index is 1.67. The summed E-state index contributed by atoms with van der Waals surface area (Å²) in [6, 6.07) is 12.2. The van der Waals surface area contributed by atoms with Gasteiger partial charge in [-0.2, -0.15) is 0 Å². The number of nitrogens with one attached hydrogen (secondary N) is 3. The van der Waals surface area contributed by atoms with Crippen molar-refractivity contribution in [1.82, 2.24) is 15.0 Å². The molecule has 8 heteroatoms. The number of rotatable bonds is 5. The second-order valence-electron chi connectivity index (χ2n) is 6.24. The van der Waals surface area contributed by atoms with E-state index in [0.717, 1.165) is 17.1 Å². The van der Waals surface area contributed by atoms with Crippen molar-refractivity contribution in [2.24, 2.45) is 0 Å². The molecule has 0 atom stereocenters. The summed E-state index contributed by atoms with van der Waals surface area (Å²) in [6.07, 6.45) is 1.47. The van der Waals surface area contributed by atoms with E-state index in [4.69, 9.17) is 0 Å². The van der Waals surface area contributed by atoms with Gasteiger partial charge >= 0.3 is 0 Å². The van der Waals surface area contributed by atoms with Crippen molar-refractivity contribution >= 4 is 35.0 Å². The number of amides is 2. The van der Waals surface area contributed by atoms with Crippen molar-refractivity contribution in [2.75, 3.05) is 16.0 Å². The largest absolute Gasteiger partial charge is 0.324 e. The molecule has 0 aliphatic carbocycles. The van der Waals surface area contributed by atoms with E-state index in [9.17, 15) is 9.59 Å². The van der Waals surface area contributed by atoms with Gasteiger partial charge in [0.1, 0.15) is 5.82 Å². The summed E-state index contributed by atoms with van der Waals surface area (Å²) >= 11 is 0. The van der Waals surface area contributed by atoms with Crippen molar-refractivity contribution in [1.29, 1.82) is 0 Å². The van der Waals surface area contributed by atoms with E-state index in [2.05, 4.69) is 30.9 Å². The first-order valence-corrected chi connectivity index (χ1v) is 8.63. The number of aromatic nitrogens is 3. The maximum atomic E-state index is 12.4. The van der Waals surface area contributed by atoms with Gasteiger partial charge in [-0.15, -0.1) is 0 Å². The molecule has 0 spiro atoms. The lowest BCUT2D eigenvalue weighted by atomic mass is 10.2. The Bertz CT molecular complexity index is 997. The summed E-state index contributed by atoms with van der Waals surface area (Å²) < 4.78 is 0. The minimum Gasteiger partial charge on any atom is -0.324 e. The van der Waals surface area contributed by atoms with Crippen molar-refractivity contribution in [3.8, 4) is 0 Å². The maximum Gasteiger partial charge on any atom is 0.255 e. The number of anilines is 4. The molecule has 0 aliphatic heterocycles. The fourth-order valence-electron chi connectivity index (χ4n) is 2.57. The number of carbonyl (C=O) groups is 2. The van der Waals surface area contributed by atoms with Gasteiger partial charge < -0.3 is 16.0 Å². The van der Waals surface area contributed by atoms with Crippen molar-refractivity contribution in [2.45, 2.75) is 20.8 Å². The van der Waals surface area contributed by atoms with Crippen LogP contribution in [0.5, 0.6) is 0 Å². The standard InChI is InChI=1S/C20H20N6O2/c1-12-10-13(2)23-20(22-12)26-17-6-4-16(5-7-17)25-19(28)15-8-9-21-18(11-15)24-14(3)27/h4-11H,1-3H3,(H,25,28)(H,21,24,27)(H,22,23,26). The van der Waals surface area contributed by atoms with Crippen LogP contribution in [0.4, 0.5) is 23.1 Å². The molecule has 3 aromatic rings. The molecule has 2 heterocycles. The first kappa shape index (κ1) is 19.0. The highest BCUT2D eigenvalue weighted by molar-refractivity contribution is 6.05.